The number of aryl methyl sites for hydroxylation is 1. The van der Waals surface area contributed by atoms with Crippen molar-refractivity contribution in [2.75, 3.05) is 5.73 Å². The Labute approximate surface area is 120 Å². The molecule has 0 bridgehead atoms. The highest BCUT2D eigenvalue weighted by Gasteiger charge is 2.32. The number of hydrogen-bond donors (Lipinski definition) is 2. The lowest BCUT2D eigenvalue weighted by Crippen LogP contribution is -2.47. The second-order valence-electron chi connectivity index (χ2n) is 5.10. The summed E-state index contributed by atoms with van der Waals surface area (Å²) in [5, 5.41) is 0. The van der Waals surface area contributed by atoms with Crippen molar-refractivity contribution >= 4 is 15.7 Å². The van der Waals surface area contributed by atoms with Crippen LogP contribution in [0.2, 0.25) is 0 Å². The molecule has 0 spiro atoms. The first-order chi connectivity index (χ1) is 9.21. The predicted molar refractivity (Wildman–Crippen MR) is 79.5 cm³/mol. The van der Waals surface area contributed by atoms with Crippen LogP contribution in [0.25, 0.3) is 0 Å². The first-order valence-electron chi connectivity index (χ1n) is 6.81. The number of halogens is 1. The topological polar surface area (TPSA) is 72.2 Å². The molecule has 1 rings (SSSR count). The van der Waals surface area contributed by atoms with Gasteiger partial charge in [-0.2, -0.15) is 0 Å². The number of hydrogen-bond acceptors (Lipinski definition) is 3. The molecule has 0 saturated heterocycles. The number of rotatable bonds is 6. The number of anilines is 1. The molecule has 0 aromatic heterocycles. The number of nitrogens with one attached hydrogen (secondary N) is 1. The maximum absolute atomic E-state index is 14.1. The summed E-state index contributed by atoms with van der Waals surface area (Å²) in [5.74, 6) is -0.746. The molecule has 6 heteroatoms. The van der Waals surface area contributed by atoms with E-state index in [1.54, 1.807) is 0 Å². The second kappa shape index (κ2) is 6.10. The molecule has 0 radical (unpaired) electrons. The van der Waals surface area contributed by atoms with Crippen LogP contribution in [-0.4, -0.2) is 14.0 Å². The van der Waals surface area contributed by atoms with E-state index in [1.165, 1.54) is 13.0 Å². The highest BCUT2D eigenvalue weighted by molar-refractivity contribution is 7.89. The summed E-state index contributed by atoms with van der Waals surface area (Å²) < 4.78 is 41.6. The average Bonchev–Trinajstić information content (AvgIpc) is 2.40. The second-order valence-corrected chi connectivity index (χ2v) is 6.75. The first kappa shape index (κ1) is 16.9. The average molecular weight is 302 g/mol. The first-order valence-corrected chi connectivity index (χ1v) is 8.29. The van der Waals surface area contributed by atoms with E-state index in [0.717, 1.165) is 6.07 Å². The molecule has 0 aliphatic rings. The molecule has 0 amide bonds. The van der Waals surface area contributed by atoms with Gasteiger partial charge < -0.3 is 5.73 Å². The predicted octanol–water partition coefficient (Wildman–Crippen LogP) is 2.96. The Balaban J connectivity index is 3.31. The van der Waals surface area contributed by atoms with Gasteiger partial charge in [-0.1, -0.05) is 20.8 Å². The van der Waals surface area contributed by atoms with Gasteiger partial charge in [0.15, 0.2) is 0 Å². The highest BCUT2D eigenvalue weighted by Crippen LogP contribution is 2.26. The molecule has 0 atom stereocenters. The van der Waals surface area contributed by atoms with Crippen LogP contribution in [0.3, 0.4) is 0 Å². The van der Waals surface area contributed by atoms with E-state index >= 15 is 0 Å². The van der Waals surface area contributed by atoms with E-state index in [-0.39, 0.29) is 16.1 Å². The summed E-state index contributed by atoms with van der Waals surface area (Å²) in [6.07, 6.45) is 1.92. The molecule has 0 saturated carbocycles. The summed E-state index contributed by atoms with van der Waals surface area (Å²) >= 11 is 0. The lowest BCUT2D eigenvalue weighted by atomic mass is 9.91. The lowest BCUT2D eigenvalue weighted by Gasteiger charge is -2.31. The molecular weight excluding hydrogens is 279 g/mol. The van der Waals surface area contributed by atoms with Gasteiger partial charge in [0, 0.05) is 11.2 Å². The minimum Gasteiger partial charge on any atom is -0.399 e. The van der Waals surface area contributed by atoms with E-state index in [1.807, 2.05) is 20.8 Å². The fourth-order valence-electron chi connectivity index (χ4n) is 2.27. The zero-order valence-corrected chi connectivity index (χ0v) is 13.3. The Bertz CT molecular complexity index is 573. The quantitative estimate of drug-likeness (QED) is 0.794. The van der Waals surface area contributed by atoms with Gasteiger partial charge in [-0.3, -0.25) is 0 Å². The normalized spacial score (nSPS) is 12.7. The van der Waals surface area contributed by atoms with Crippen molar-refractivity contribution in [2.45, 2.75) is 57.4 Å². The number of benzene rings is 1. The van der Waals surface area contributed by atoms with E-state index in [0.29, 0.717) is 19.3 Å². The Hall–Kier alpha value is -1.14. The number of nitrogens with two attached hydrogens (primary N) is 1. The van der Waals surface area contributed by atoms with Crippen molar-refractivity contribution in [3.05, 3.63) is 23.5 Å². The maximum atomic E-state index is 14.1. The van der Waals surface area contributed by atoms with Crippen molar-refractivity contribution in [2.24, 2.45) is 0 Å². The van der Waals surface area contributed by atoms with Crippen molar-refractivity contribution in [1.82, 2.24) is 4.72 Å². The number of nitrogen functional groups attached to an aromatic ring is 1. The van der Waals surface area contributed by atoms with Crippen LogP contribution in [0, 0.1) is 12.7 Å². The molecule has 4 nitrogen and oxygen atoms in total. The van der Waals surface area contributed by atoms with Crippen LogP contribution in [0.1, 0.15) is 45.6 Å². The lowest BCUT2D eigenvalue weighted by molar-refractivity contribution is 0.341. The smallest absolute Gasteiger partial charge is 0.244 e. The zero-order valence-electron chi connectivity index (χ0n) is 12.5. The molecule has 1 aromatic carbocycles. The van der Waals surface area contributed by atoms with Gasteiger partial charge in [0.25, 0.3) is 0 Å². The summed E-state index contributed by atoms with van der Waals surface area (Å²) in [6.45, 7) is 7.24. The minimum absolute atomic E-state index is 0.223. The van der Waals surface area contributed by atoms with Crippen LogP contribution in [-0.2, 0) is 10.0 Å². The SMILES string of the molecule is CCC(CC)(CC)NS(=O)(=O)c1cc(N)cc(C)c1F. The van der Waals surface area contributed by atoms with Crippen LogP contribution in [0.15, 0.2) is 17.0 Å². The van der Waals surface area contributed by atoms with Gasteiger partial charge in [0.05, 0.1) is 0 Å². The molecule has 0 aliphatic carbocycles. The fraction of sp³-hybridized carbons (Fsp3) is 0.571. The standard InChI is InChI=1S/C14H23FN2O2S/c1-5-14(6-2,7-3)17-20(18,19)12-9-11(16)8-10(4)13(12)15/h8-9,17H,5-7,16H2,1-4H3. The molecule has 0 fully saturated rings. The number of sulfonamides is 1. The van der Waals surface area contributed by atoms with Gasteiger partial charge in [-0.15, -0.1) is 0 Å². The van der Waals surface area contributed by atoms with E-state index in [9.17, 15) is 12.8 Å². The maximum Gasteiger partial charge on any atom is 0.244 e. The van der Waals surface area contributed by atoms with Crippen molar-refractivity contribution in [3.63, 3.8) is 0 Å². The van der Waals surface area contributed by atoms with Gasteiger partial charge in [0.2, 0.25) is 10.0 Å². The minimum atomic E-state index is -3.93. The summed E-state index contributed by atoms with van der Waals surface area (Å²) in [6, 6.07) is 2.58. The summed E-state index contributed by atoms with van der Waals surface area (Å²) in [4.78, 5) is -0.380. The fourth-order valence-corrected chi connectivity index (χ4v) is 4.07. The molecule has 3 N–H and O–H groups in total. The van der Waals surface area contributed by atoms with Crippen molar-refractivity contribution in [1.29, 1.82) is 0 Å². The highest BCUT2D eigenvalue weighted by atomic mass is 32.2. The molecule has 0 unspecified atom stereocenters. The van der Waals surface area contributed by atoms with E-state index in [4.69, 9.17) is 5.73 Å². The Kier molecular flexibility index (Phi) is 5.15. The Morgan fingerprint density at radius 1 is 1.20 bits per heavy atom. The third-order valence-corrected chi connectivity index (χ3v) is 5.49. The Morgan fingerprint density at radius 3 is 2.15 bits per heavy atom. The summed E-state index contributed by atoms with van der Waals surface area (Å²) in [7, 11) is -3.93. The molecule has 114 valence electrons. The van der Waals surface area contributed by atoms with Gasteiger partial charge in [-0.25, -0.2) is 17.5 Å². The molecule has 1 aromatic rings. The van der Waals surface area contributed by atoms with Gasteiger partial charge in [-0.05, 0) is 43.9 Å². The van der Waals surface area contributed by atoms with Crippen LogP contribution < -0.4 is 10.5 Å². The third kappa shape index (κ3) is 3.30. The van der Waals surface area contributed by atoms with Gasteiger partial charge >= 0.3 is 0 Å². The van der Waals surface area contributed by atoms with E-state index in [2.05, 4.69) is 4.72 Å². The van der Waals surface area contributed by atoms with Crippen molar-refractivity contribution in [3.8, 4) is 0 Å². The molecule has 0 heterocycles. The van der Waals surface area contributed by atoms with Crippen LogP contribution >= 0.6 is 0 Å². The molecule has 0 aliphatic heterocycles. The zero-order chi connectivity index (χ0) is 15.6. The van der Waals surface area contributed by atoms with Crippen LogP contribution in [0.5, 0.6) is 0 Å². The third-order valence-electron chi connectivity index (χ3n) is 3.91. The van der Waals surface area contributed by atoms with Crippen LogP contribution in [0.4, 0.5) is 10.1 Å². The largest absolute Gasteiger partial charge is 0.399 e. The van der Waals surface area contributed by atoms with Crippen molar-refractivity contribution < 1.29 is 12.8 Å². The van der Waals surface area contributed by atoms with Gasteiger partial charge in [0.1, 0.15) is 10.7 Å². The molecule has 20 heavy (non-hydrogen) atoms. The Morgan fingerprint density at radius 2 is 1.70 bits per heavy atom. The monoisotopic (exact) mass is 302 g/mol. The molecular formula is C14H23FN2O2S. The van der Waals surface area contributed by atoms with E-state index < -0.39 is 21.4 Å². The summed E-state index contributed by atoms with van der Waals surface area (Å²) in [5.41, 5.74) is 5.53.